The lowest BCUT2D eigenvalue weighted by Crippen LogP contribution is -2.31. The maximum absolute atomic E-state index is 13.2. The van der Waals surface area contributed by atoms with Gasteiger partial charge in [0.15, 0.2) is 4.96 Å². The highest BCUT2D eigenvalue weighted by molar-refractivity contribution is 7.15. The first kappa shape index (κ1) is 18.1. The number of thiazole rings is 1. The average Bonchev–Trinajstić information content (AvgIpc) is 3.39. The molecule has 2 aromatic heterocycles. The molecule has 146 valence electrons. The van der Waals surface area contributed by atoms with Gasteiger partial charge in [0.25, 0.3) is 0 Å². The minimum atomic E-state index is -0.268. The Morgan fingerprint density at radius 2 is 1.93 bits per heavy atom. The Labute approximate surface area is 172 Å². The third-order valence-electron chi connectivity index (χ3n) is 5.33. The summed E-state index contributed by atoms with van der Waals surface area (Å²) in [4.78, 5) is 18.2. The van der Waals surface area contributed by atoms with Gasteiger partial charge in [0, 0.05) is 22.8 Å². The molecule has 1 saturated carbocycles. The Bertz CT molecular complexity index is 1150. The highest BCUT2D eigenvalue weighted by Gasteiger charge is 2.33. The molecular weight excluding hydrogens is 385 g/mol. The van der Waals surface area contributed by atoms with Gasteiger partial charge in [-0.15, -0.1) is 11.3 Å². The number of aromatic nitrogens is 2. The normalized spacial score (nSPS) is 14.8. The van der Waals surface area contributed by atoms with Gasteiger partial charge >= 0.3 is 0 Å². The fraction of sp³-hybridized carbons (Fsp3) is 0.217. The number of hydrogen-bond donors (Lipinski definition) is 1. The minimum Gasteiger partial charge on any atom is -0.349 e. The van der Waals surface area contributed by atoms with E-state index in [-0.39, 0.29) is 17.8 Å². The molecule has 2 aromatic carbocycles. The van der Waals surface area contributed by atoms with Crippen LogP contribution in [0, 0.1) is 11.7 Å². The Morgan fingerprint density at radius 1 is 1.17 bits per heavy atom. The van der Waals surface area contributed by atoms with Crippen LogP contribution in [0.15, 0.2) is 66.2 Å². The van der Waals surface area contributed by atoms with E-state index in [1.807, 2.05) is 34.2 Å². The van der Waals surface area contributed by atoms with Gasteiger partial charge in [-0.05, 0) is 48.6 Å². The highest BCUT2D eigenvalue weighted by Crippen LogP contribution is 2.41. The smallest absolute Gasteiger partial charge is 0.226 e. The van der Waals surface area contributed by atoms with Gasteiger partial charge in [0.1, 0.15) is 5.82 Å². The zero-order chi connectivity index (χ0) is 19.8. The van der Waals surface area contributed by atoms with Crippen molar-refractivity contribution in [1.29, 1.82) is 0 Å². The van der Waals surface area contributed by atoms with Gasteiger partial charge in [-0.2, -0.15) is 0 Å². The number of amides is 1. The fourth-order valence-corrected chi connectivity index (χ4v) is 4.54. The maximum Gasteiger partial charge on any atom is 0.226 e. The first-order valence-corrected chi connectivity index (χ1v) is 10.6. The highest BCUT2D eigenvalue weighted by atomic mass is 32.1. The number of rotatable bonds is 6. The molecule has 29 heavy (non-hydrogen) atoms. The van der Waals surface area contributed by atoms with Crippen LogP contribution in [-0.4, -0.2) is 15.3 Å². The zero-order valence-corrected chi connectivity index (χ0v) is 16.5. The lowest BCUT2D eigenvalue weighted by molar-refractivity contribution is -0.121. The molecule has 4 nitrogen and oxygen atoms in total. The second-order valence-corrected chi connectivity index (χ2v) is 8.32. The summed E-state index contributed by atoms with van der Waals surface area (Å²) in [5.41, 5.74) is 3.71. The standard InChI is InChI=1S/C23H20FN3OS/c24-18-10-8-15(9-11-18)20-13-27-19(14-29-23(27)25-20)12-21(28)26-22(17-6-7-17)16-4-2-1-3-5-16/h1-5,8-11,13-14,17,22H,6-7,12H2,(H,26,28)/t22-/m0/s1. The van der Waals surface area contributed by atoms with Crippen molar-refractivity contribution in [3.63, 3.8) is 0 Å². The topological polar surface area (TPSA) is 46.4 Å². The second-order valence-electron chi connectivity index (χ2n) is 7.48. The van der Waals surface area contributed by atoms with Gasteiger partial charge in [0.2, 0.25) is 5.91 Å². The number of fused-ring (bicyclic) bond motifs is 1. The lowest BCUT2D eigenvalue weighted by Gasteiger charge is -2.18. The SMILES string of the molecule is O=C(Cc1csc2nc(-c3ccc(F)cc3)cn12)N[C@@H](c1ccccc1)C1CC1. The van der Waals surface area contributed by atoms with E-state index >= 15 is 0 Å². The monoisotopic (exact) mass is 405 g/mol. The number of benzene rings is 2. The molecule has 5 rings (SSSR count). The summed E-state index contributed by atoms with van der Waals surface area (Å²) in [5.74, 6) is 0.278. The predicted octanol–water partition coefficient (Wildman–Crippen LogP) is 5.01. The lowest BCUT2D eigenvalue weighted by atomic mass is 10.0. The molecule has 0 saturated heterocycles. The molecule has 2 heterocycles. The predicted molar refractivity (Wildman–Crippen MR) is 112 cm³/mol. The molecule has 6 heteroatoms. The minimum absolute atomic E-state index is 0.0162. The Morgan fingerprint density at radius 3 is 2.66 bits per heavy atom. The fourth-order valence-electron chi connectivity index (χ4n) is 3.67. The van der Waals surface area contributed by atoms with Gasteiger partial charge in [-0.25, -0.2) is 9.37 Å². The Balaban J connectivity index is 1.34. The van der Waals surface area contributed by atoms with E-state index in [0.29, 0.717) is 12.3 Å². The van der Waals surface area contributed by atoms with Gasteiger partial charge in [0.05, 0.1) is 18.2 Å². The molecule has 0 bridgehead atoms. The van der Waals surface area contributed by atoms with Gasteiger partial charge < -0.3 is 5.32 Å². The summed E-state index contributed by atoms with van der Waals surface area (Å²) in [6.07, 6.45) is 4.53. The number of carbonyl (C=O) groups excluding carboxylic acids is 1. The number of halogens is 1. The second kappa shape index (κ2) is 7.44. The van der Waals surface area contributed by atoms with Crippen LogP contribution in [0.5, 0.6) is 0 Å². The molecule has 1 atom stereocenters. The first-order valence-electron chi connectivity index (χ1n) is 9.73. The van der Waals surface area contributed by atoms with Crippen LogP contribution in [0.25, 0.3) is 16.2 Å². The van der Waals surface area contributed by atoms with Crippen molar-refractivity contribution in [3.05, 3.63) is 83.2 Å². The van der Waals surface area contributed by atoms with Crippen LogP contribution >= 0.6 is 11.3 Å². The van der Waals surface area contributed by atoms with E-state index in [1.165, 1.54) is 29.0 Å². The van der Waals surface area contributed by atoms with Crippen LogP contribution in [0.1, 0.15) is 30.1 Å². The third-order valence-corrected chi connectivity index (χ3v) is 6.22. The van der Waals surface area contributed by atoms with Gasteiger partial charge in [-0.1, -0.05) is 30.3 Å². The molecular formula is C23H20FN3OS. The number of carbonyl (C=O) groups is 1. The average molecular weight is 405 g/mol. The Kier molecular flexibility index (Phi) is 4.64. The summed E-state index contributed by atoms with van der Waals surface area (Å²) in [5, 5.41) is 5.21. The third kappa shape index (κ3) is 3.80. The summed E-state index contributed by atoms with van der Waals surface area (Å²) in [6.45, 7) is 0. The molecule has 1 aliphatic carbocycles. The molecule has 1 fully saturated rings. The molecule has 4 aromatic rings. The van der Waals surface area contributed by atoms with E-state index in [2.05, 4.69) is 22.4 Å². The quantitative estimate of drug-likeness (QED) is 0.490. The van der Waals surface area contributed by atoms with Crippen LogP contribution in [-0.2, 0) is 11.2 Å². The van der Waals surface area contributed by atoms with Crippen LogP contribution in [0.3, 0.4) is 0 Å². The van der Waals surface area contributed by atoms with E-state index in [1.54, 1.807) is 12.1 Å². The van der Waals surface area contributed by atoms with E-state index in [0.717, 1.165) is 34.8 Å². The summed E-state index contributed by atoms with van der Waals surface area (Å²) in [6, 6.07) is 16.6. The van der Waals surface area contributed by atoms with Gasteiger partial charge in [-0.3, -0.25) is 9.20 Å². The van der Waals surface area contributed by atoms with Crippen molar-refractivity contribution in [3.8, 4) is 11.3 Å². The molecule has 0 radical (unpaired) electrons. The molecule has 1 N–H and O–H groups in total. The number of hydrogen-bond acceptors (Lipinski definition) is 3. The first-order chi connectivity index (χ1) is 14.2. The number of imidazole rings is 1. The summed E-state index contributed by atoms with van der Waals surface area (Å²) in [7, 11) is 0. The number of nitrogens with zero attached hydrogens (tertiary/aromatic N) is 2. The van der Waals surface area contributed by atoms with Crippen molar-refractivity contribution >= 4 is 22.2 Å². The van der Waals surface area contributed by atoms with Crippen LogP contribution < -0.4 is 5.32 Å². The van der Waals surface area contributed by atoms with Crippen molar-refractivity contribution < 1.29 is 9.18 Å². The Hall–Kier alpha value is -2.99. The van der Waals surface area contributed by atoms with E-state index in [4.69, 9.17) is 0 Å². The molecule has 0 unspecified atom stereocenters. The molecule has 0 spiro atoms. The zero-order valence-electron chi connectivity index (χ0n) is 15.7. The van der Waals surface area contributed by atoms with Crippen LogP contribution in [0.2, 0.25) is 0 Å². The van der Waals surface area contributed by atoms with Crippen molar-refractivity contribution in [2.24, 2.45) is 5.92 Å². The van der Waals surface area contributed by atoms with Crippen LogP contribution in [0.4, 0.5) is 4.39 Å². The number of nitrogens with one attached hydrogen (secondary N) is 1. The van der Waals surface area contributed by atoms with Crippen molar-refractivity contribution in [2.45, 2.75) is 25.3 Å². The van der Waals surface area contributed by atoms with E-state index in [9.17, 15) is 9.18 Å². The molecule has 1 amide bonds. The van der Waals surface area contributed by atoms with Crippen molar-refractivity contribution in [1.82, 2.24) is 14.7 Å². The largest absolute Gasteiger partial charge is 0.349 e. The maximum atomic E-state index is 13.2. The van der Waals surface area contributed by atoms with Crippen molar-refractivity contribution in [2.75, 3.05) is 0 Å². The molecule has 1 aliphatic rings. The van der Waals surface area contributed by atoms with E-state index < -0.39 is 0 Å². The summed E-state index contributed by atoms with van der Waals surface area (Å²) >= 11 is 1.51. The summed E-state index contributed by atoms with van der Waals surface area (Å²) < 4.78 is 15.1. The molecule has 0 aliphatic heterocycles.